The van der Waals surface area contributed by atoms with Crippen molar-refractivity contribution in [3.8, 4) is 5.75 Å². The minimum Gasteiger partial charge on any atom is -0.480 e. The minimum atomic E-state index is -1.14. The Morgan fingerprint density at radius 1 is 1.17 bits per heavy atom. The minimum absolute atomic E-state index is 0.0451. The van der Waals surface area contributed by atoms with Crippen molar-refractivity contribution in [2.45, 2.75) is 6.54 Å². The van der Waals surface area contributed by atoms with Gasteiger partial charge in [0.1, 0.15) is 5.75 Å². The Labute approximate surface area is 202 Å². The number of carbonyl (C=O) groups is 3. The lowest BCUT2D eigenvalue weighted by atomic mass is 10.1. The Bertz CT molecular complexity index is 1090. The second kappa shape index (κ2) is 9.74. The molecule has 0 bridgehead atoms. The molecule has 0 saturated carbocycles. The highest BCUT2D eigenvalue weighted by atomic mass is 79.9. The Hall–Kier alpha value is -1.52. The van der Waals surface area contributed by atoms with Crippen molar-refractivity contribution >= 4 is 90.0 Å². The van der Waals surface area contributed by atoms with Crippen molar-refractivity contribution in [3.63, 3.8) is 0 Å². The lowest BCUT2D eigenvalue weighted by Crippen LogP contribution is -2.27. The van der Waals surface area contributed by atoms with Crippen LogP contribution >= 0.6 is 66.8 Å². The average molecular weight is 596 g/mol. The summed E-state index contributed by atoms with van der Waals surface area (Å²) in [6.07, 6.45) is 1.49. The molecule has 0 unspecified atom stereocenters. The van der Waals surface area contributed by atoms with Gasteiger partial charge < -0.3 is 9.84 Å². The van der Waals surface area contributed by atoms with E-state index in [0.29, 0.717) is 30.1 Å². The summed E-state index contributed by atoms with van der Waals surface area (Å²) in [5.41, 5.74) is 1.10. The topological polar surface area (TPSA) is 83.9 Å². The molecule has 2 aromatic carbocycles. The van der Waals surface area contributed by atoms with Gasteiger partial charge in [0.2, 0.25) is 0 Å². The van der Waals surface area contributed by atoms with Gasteiger partial charge in [-0.3, -0.25) is 14.5 Å². The van der Waals surface area contributed by atoms with E-state index in [1.54, 1.807) is 30.3 Å². The van der Waals surface area contributed by atoms with Gasteiger partial charge in [-0.15, -0.1) is 0 Å². The predicted octanol–water partition coefficient (Wildman–Crippen LogP) is 6.22. The van der Waals surface area contributed by atoms with Gasteiger partial charge in [0.25, 0.3) is 11.1 Å². The van der Waals surface area contributed by atoms with Crippen LogP contribution in [0.4, 0.5) is 4.79 Å². The molecule has 0 aliphatic carbocycles. The molecule has 0 radical (unpaired) electrons. The SMILES string of the molecule is O=C(O)COc1c(Br)cc(Br)cc1/C=C1\SC(=O)N(Cc2ccc(Cl)c(Cl)c2)C1=O. The number of ether oxygens (including phenoxy) is 1. The van der Waals surface area contributed by atoms with E-state index in [1.807, 2.05) is 0 Å². The number of hydrogen-bond donors (Lipinski definition) is 1. The molecule has 30 heavy (non-hydrogen) atoms. The van der Waals surface area contributed by atoms with E-state index in [2.05, 4.69) is 31.9 Å². The van der Waals surface area contributed by atoms with Gasteiger partial charge in [0, 0.05) is 10.0 Å². The number of nitrogens with zero attached hydrogens (tertiary/aromatic N) is 1. The van der Waals surface area contributed by atoms with Gasteiger partial charge >= 0.3 is 5.97 Å². The molecule has 0 aromatic heterocycles. The third-order valence-electron chi connectivity index (χ3n) is 3.86. The second-order valence-electron chi connectivity index (χ2n) is 6.00. The highest BCUT2D eigenvalue weighted by Crippen LogP contribution is 2.39. The summed E-state index contributed by atoms with van der Waals surface area (Å²) in [5, 5.41) is 9.17. The first kappa shape index (κ1) is 23.1. The fraction of sp³-hybridized carbons (Fsp3) is 0.105. The maximum atomic E-state index is 12.8. The van der Waals surface area contributed by atoms with Crippen molar-refractivity contribution in [2.75, 3.05) is 6.61 Å². The van der Waals surface area contributed by atoms with Crippen molar-refractivity contribution < 1.29 is 24.2 Å². The van der Waals surface area contributed by atoms with Gasteiger partial charge in [0.15, 0.2) is 6.61 Å². The molecule has 2 amide bonds. The molecule has 11 heteroatoms. The summed E-state index contributed by atoms with van der Waals surface area (Å²) in [5.74, 6) is -1.37. The normalized spacial score (nSPS) is 15.2. The van der Waals surface area contributed by atoms with Crippen LogP contribution in [-0.4, -0.2) is 33.7 Å². The molecule has 2 aromatic rings. The highest BCUT2D eigenvalue weighted by molar-refractivity contribution is 9.11. The molecule has 3 rings (SSSR count). The molecule has 0 atom stereocenters. The van der Waals surface area contributed by atoms with Crippen LogP contribution in [0.3, 0.4) is 0 Å². The smallest absolute Gasteiger partial charge is 0.341 e. The van der Waals surface area contributed by atoms with Gasteiger partial charge in [-0.05, 0) is 63.6 Å². The maximum absolute atomic E-state index is 12.8. The fourth-order valence-corrected chi connectivity index (χ4v) is 5.09. The first-order chi connectivity index (χ1) is 14.2. The second-order valence-corrected chi connectivity index (χ2v) is 9.58. The van der Waals surface area contributed by atoms with Crippen LogP contribution in [0.1, 0.15) is 11.1 Å². The Balaban J connectivity index is 1.89. The van der Waals surface area contributed by atoms with Crippen molar-refractivity contribution in [1.82, 2.24) is 4.90 Å². The number of carbonyl (C=O) groups excluding carboxylic acids is 2. The first-order valence-corrected chi connectivity index (χ1v) is 11.3. The third-order valence-corrected chi connectivity index (χ3v) is 6.56. The van der Waals surface area contributed by atoms with E-state index in [-0.39, 0.29) is 17.2 Å². The van der Waals surface area contributed by atoms with Crippen molar-refractivity contribution in [3.05, 3.63) is 65.4 Å². The lowest BCUT2D eigenvalue weighted by molar-refractivity contribution is -0.139. The van der Waals surface area contributed by atoms with Crippen LogP contribution in [0, 0.1) is 0 Å². The number of carboxylic acid groups (broad SMARTS) is 1. The molecule has 1 saturated heterocycles. The molecular weight excluding hydrogens is 585 g/mol. The Morgan fingerprint density at radius 2 is 1.90 bits per heavy atom. The molecular formula is C19H11Br2Cl2NO5S. The van der Waals surface area contributed by atoms with Gasteiger partial charge in [-0.25, -0.2) is 4.79 Å². The number of imide groups is 1. The molecule has 6 nitrogen and oxygen atoms in total. The zero-order chi connectivity index (χ0) is 22.0. The molecule has 1 aliphatic heterocycles. The van der Waals surface area contributed by atoms with E-state index in [1.165, 1.54) is 6.08 Å². The van der Waals surface area contributed by atoms with Crippen LogP contribution in [-0.2, 0) is 16.1 Å². The molecule has 1 aliphatic rings. The summed E-state index contributed by atoms with van der Waals surface area (Å²) < 4.78 is 6.52. The molecule has 0 spiro atoms. The molecule has 1 heterocycles. The predicted molar refractivity (Wildman–Crippen MR) is 123 cm³/mol. The molecule has 156 valence electrons. The number of thioether (sulfide) groups is 1. The van der Waals surface area contributed by atoms with Crippen LogP contribution < -0.4 is 4.74 Å². The van der Waals surface area contributed by atoms with Crippen LogP contribution in [0.2, 0.25) is 10.0 Å². The van der Waals surface area contributed by atoms with Crippen LogP contribution in [0.25, 0.3) is 6.08 Å². The summed E-state index contributed by atoms with van der Waals surface area (Å²) in [7, 11) is 0. The van der Waals surface area contributed by atoms with Gasteiger partial charge in [-0.1, -0.05) is 45.2 Å². The Morgan fingerprint density at radius 3 is 2.57 bits per heavy atom. The van der Waals surface area contributed by atoms with Crippen LogP contribution in [0.15, 0.2) is 44.2 Å². The quantitative estimate of drug-likeness (QED) is 0.399. The highest BCUT2D eigenvalue weighted by Gasteiger charge is 2.35. The maximum Gasteiger partial charge on any atom is 0.341 e. The first-order valence-electron chi connectivity index (χ1n) is 8.18. The van der Waals surface area contributed by atoms with Gasteiger partial charge in [0.05, 0.1) is 26.0 Å². The third kappa shape index (κ3) is 5.39. The fourth-order valence-electron chi connectivity index (χ4n) is 2.57. The van der Waals surface area contributed by atoms with E-state index in [4.69, 9.17) is 33.0 Å². The number of aliphatic carboxylic acids is 1. The van der Waals surface area contributed by atoms with Crippen molar-refractivity contribution in [1.29, 1.82) is 0 Å². The standard InChI is InChI=1S/C19H11Br2Cl2NO5S/c20-11-4-10(17(12(21)6-11)29-8-16(25)26)5-15-18(27)24(19(28)30-15)7-9-1-2-13(22)14(23)3-9/h1-6H,7-8H2,(H,25,26)/b15-5-. The van der Waals surface area contributed by atoms with Crippen molar-refractivity contribution in [2.24, 2.45) is 0 Å². The summed E-state index contributed by atoms with van der Waals surface area (Å²) in [4.78, 5) is 37.4. The number of rotatable bonds is 6. The monoisotopic (exact) mass is 593 g/mol. The summed E-state index contributed by atoms with van der Waals surface area (Å²) >= 11 is 19.4. The average Bonchev–Trinajstić information content (AvgIpc) is 2.91. The van der Waals surface area contributed by atoms with E-state index in [0.717, 1.165) is 16.7 Å². The lowest BCUT2D eigenvalue weighted by Gasteiger charge is -2.13. The van der Waals surface area contributed by atoms with E-state index in [9.17, 15) is 14.4 Å². The summed E-state index contributed by atoms with van der Waals surface area (Å²) in [6, 6.07) is 8.23. The number of carboxylic acids is 1. The van der Waals surface area contributed by atoms with E-state index >= 15 is 0 Å². The van der Waals surface area contributed by atoms with E-state index < -0.39 is 23.7 Å². The number of benzene rings is 2. The largest absolute Gasteiger partial charge is 0.480 e. The number of amides is 2. The molecule has 1 N–H and O–H groups in total. The zero-order valence-electron chi connectivity index (χ0n) is 14.8. The number of halogens is 4. The van der Waals surface area contributed by atoms with Gasteiger partial charge in [-0.2, -0.15) is 0 Å². The summed E-state index contributed by atoms with van der Waals surface area (Å²) in [6.45, 7) is -0.511. The van der Waals surface area contributed by atoms with Crippen LogP contribution in [0.5, 0.6) is 5.75 Å². The molecule has 1 fully saturated rings. The number of hydrogen-bond acceptors (Lipinski definition) is 5. The zero-order valence-corrected chi connectivity index (χ0v) is 20.3. The Kier molecular flexibility index (Phi) is 7.52.